The standard InChI is InChI=1S/C14H12O3S/c1-16-12-6-9(8-15)5-10-7-11(17-14(10)12)13-3-2-4-18-13/h2-7,15H,8H2,1H3. The molecule has 2 heterocycles. The number of aliphatic hydroxyl groups is 1. The molecule has 0 fully saturated rings. The monoisotopic (exact) mass is 260 g/mol. The van der Waals surface area contributed by atoms with E-state index in [4.69, 9.17) is 9.15 Å². The van der Waals surface area contributed by atoms with Crippen molar-refractivity contribution in [3.63, 3.8) is 0 Å². The second-order valence-electron chi connectivity index (χ2n) is 3.96. The van der Waals surface area contributed by atoms with Crippen LogP contribution in [0.1, 0.15) is 5.56 Å². The Morgan fingerprint density at radius 1 is 1.33 bits per heavy atom. The van der Waals surface area contributed by atoms with Crippen molar-refractivity contribution < 1.29 is 14.3 Å². The van der Waals surface area contributed by atoms with Gasteiger partial charge in [0.1, 0.15) is 5.76 Å². The summed E-state index contributed by atoms with van der Waals surface area (Å²) in [5, 5.41) is 12.2. The quantitative estimate of drug-likeness (QED) is 0.781. The number of ether oxygens (including phenoxy) is 1. The highest BCUT2D eigenvalue weighted by Crippen LogP contribution is 2.36. The zero-order valence-electron chi connectivity index (χ0n) is 9.84. The summed E-state index contributed by atoms with van der Waals surface area (Å²) < 4.78 is 11.1. The Labute approximate surface area is 108 Å². The summed E-state index contributed by atoms with van der Waals surface area (Å²) in [5.74, 6) is 1.48. The Bertz CT molecular complexity index is 668. The molecule has 92 valence electrons. The minimum Gasteiger partial charge on any atom is -0.493 e. The molecule has 0 aliphatic rings. The number of thiophene rings is 1. The van der Waals surface area contributed by atoms with E-state index in [1.807, 2.05) is 29.6 Å². The van der Waals surface area contributed by atoms with Crippen molar-refractivity contribution in [2.45, 2.75) is 6.61 Å². The van der Waals surface area contributed by atoms with E-state index < -0.39 is 0 Å². The van der Waals surface area contributed by atoms with Gasteiger partial charge in [-0.2, -0.15) is 0 Å². The van der Waals surface area contributed by atoms with Gasteiger partial charge in [-0.15, -0.1) is 11.3 Å². The average Bonchev–Trinajstić information content (AvgIpc) is 3.05. The lowest BCUT2D eigenvalue weighted by atomic mass is 10.1. The van der Waals surface area contributed by atoms with E-state index in [1.165, 1.54) is 0 Å². The average molecular weight is 260 g/mol. The summed E-state index contributed by atoms with van der Waals surface area (Å²) in [6.07, 6.45) is 0. The Morgan fingerprint density at radius 3 is 2.89 bits per heavy atom. The van der Waals surface area contributed by atoms with Crippen molar-refractivity contribution in [3.05, 3.63) is 41.3 Å². The SMILES string of the molecule is COc1cc(CO)cc2cc(-c3cccs3)oc12. The molecule has 3 rings (SSSR count). The van der Waals surface area contributed by atoms with Crippen LogP contribution in [0.2, 0.25) is 0 Å². The molecule has 0 spiro atoms. The van der Waals surface area contributed by atoms with E-state index in [9.17, 15) is 5.11 Å². The molecular formula is C14H12O3S. The lowest BCUT2D eigenvalue weighted by molar-refractivity contribution is 0.281. The predicted octanol–water partition coefficient (Wildman–Crippen LogP) is 3.66. The first-order valence-corrected chi connectivity index (χ1v) is 6.45. The van der Waals surface area contributed by atoms with Gasteiger partial charge in [0.15, 0.2) is 11.3 Å². The largest absolute Gasteiger partial charge is 0.493 e. The molecule has 1 aromatic carbocycles. The second kappa shape index (κ2) is 4.48. The number of rotatable bonds is 3. The molecule has 18 heavy (non-hydrogen) atoms. The first-order chi connectivity index (χ1) is 8.81. The van der Waals surface area contributed by atoms with Gasteiger partial charge in [0.05, 0.1) is 18.6 Å². The van der Waals surface area contributed by atoms with Crippen LogP contribution in [0.4, 0.5) is 0 Å². The first-order valence-electron chi connectivity index (χ1n) is 5.57. The van der Waals surface area contributed by atoms with Crippen LogP contribution in [-0.2, 0) is 6.61 Å². The fourth-order valence-corrected chi connectivity index (χ4v) is 2.64. The van der Waals surface area contributed by atoms with Crippen LogP contribution in [0, 0.1) is 0 Å². The molecule has 0 aliphatic heterocycles. The highest BCUT2D eigenvalue weighted by Gasteiger charge is 2.12. The Balaban J connectivity index is 2.22. The van der Waals surface area contributed by atoms with Crippen LogP contribution in [0.25, 0.3) is 21.6 Å². The topological polar surface area (TPSA) is 42.6 Å². The van der Waals surface area contributed by atoms with E-state index in [-0.39, 0.29) is 6.61 Å². The van der Waals surface area contributed by atoms with Crippen LogP contribution in [0.15, 0.2) is 40.1 Å². The maximum atomic E-state index is 9.22. The van der Waals surface area contributed by atoms with Gasteiger partial charge in [-0.3, -0.25) is 0 Å². The lowest BCUT2D eigenvalue weighted by Crippen LogP contribution is -1.87. The normalized spacial score (nSPS) is 11.0. The zero-order chi connectivity index (χ0) is 12.5. The van der Waals surface area contributed by atoms with Crippen LogP contribution in [0.5, 0.6) is 5.75 Å². The summed E-state index contributed by atoms with van der Waals surface area (Å²) in [5.41, 5.74) is 1.54. The van der Waals surface area contributed by atoms with E-state index in [2.05, 4.69) is 0 Å². The smallest absolute Gasteiger partial charge is 0.176 e. The first kappa shape index (κ1) is 11.3. The van der Waals surface area contributed by atoms with Gasteiger partial charge in [-0.25, -0.2) is 0 Å². The lowest BCUT2D eigenvalue weighted by Gasteiger charge is -2.02. The number of fused-ring (bicyclic) bond motifs is 1. The zero-order valence-corrected chi connectivity index (χ0v) is 10.7. The van der Waals surface area contributed by atoms with Crippen molar-refractivity contribution in [2.75, 3.05) is 7.11 Å². The van der Waals surface area contributed by atoms with Gasteiger partial charge in [-0.05, 0) is 35.2 Å². The number of methoxy groups -OCH3 is 1. The molecule has 3 nitrogen and oxygen atoms in total. The van der Waals surface area contributed by atoms with E-state index in [0.29, 0.717) is 5.75 Å². The maximum Gasteiger partial charge on any atom is 0.176 e. The molecule has 0 amide bonds. The molecule has 1 N–H and O–H groups in total. The van der Waals surface area contributed by atoms with E-state index in [0.717, 1.165) is 27.2 Å². The van der Waals surface area contributed by atoms with Gasteiger partial charge >= 0.3 is 0 Å². The number of benzene rings is 1. The third-order valence-electron chi connectivity index (χ3n) is 2.81. The van der Waals surface area contributed by atoms with Crippen molar-refractivity contribution in [1.29, 1.82) is 0 Å². The van der Waals surface area contributed by atoms with Gasteiger partial charge in [0.25, 0.3) is 0 Å². The predicted molar refractivity (Wildman–Crippen MR) is 72.0 cm³/mol. The Kier molecular flexibility index (Phi) is 2.81. The summed E-state index contributed by atoms with van der Waals surface area (Å²) >= 11 is 1.63. The summed E-state index contributed by atoms with van der Waals surface area (Å²) in [7, 11) is 1.60. The van der Waals surface area contributed by atoms with Crippen LogP contribution >= 0.6 is 11.3 Å². The number of furan rings is 1. The van der Waals surface area contributed by atoms with Crippen LogP contribution < -0.4 is 4.74 Å². The highest BCUT2D eigenvalue weighted by atomic mass is 32.1. The molecule has 0 saturated heterocycles. The highest BCUT2D eigenvalue weighted by molar-refractivity contribution is 7.13. The number of hydrogen-bond acceptors (Lipinski definition) is 4. The minimum absolute atomic E-state index is 0.00812. The van der Waals surface area contributed by atoms with Crippen molar-refractivity contribution in [2.24, 2.45) is 0 Å². The third-order valence-corrected chi connectivity index (χ3v) is 3.69. The van der Waals surface area contributed by atoms with Crippen molar-refractivity contribution in [3.8, 4) is 16.4 Å². The summed E-state index contributed by atoms with van der Waals surface area (Å²) in [6.45, 7) is -0.00812. The Morgan fingerprint density at radius 2 is 2.22 bits per heavy atom. The van der Waals surface area contributed by atoms with Crippen LogP contribution in [-0.4, -0.2) is 12.2 Å². The molecule has 0 unspecified atom stereocenters. The fourth-order valence-electron chi connectivity index (χ4n) is 1.96. The van der Waals surface area contributed by atoms with Crippen LogP contribution in [0.3, 0.4) is 0 Å². The molecule has 3 aromatic rings. The molecule has 4 heteroatoms. The number of hydrogen-bond donors (Lipinski definition) is 1. The molecule has 0 aliphatic carbocycles. The van der Waals surface area contributed by atoms with E-state index >= 15 is 0 Å². The summed E-state index contributed by atoms with van der Waals surface area (Å²) in [6, 6.07) is 9.69. The molecule has 0 atom stereocenters. The molecule has 0 saturated carbocycles. The third kappa shape index (κ3) is 1.79. The molecule has 2 aromatic heterocycles. The minimum atomic E-state index is -0.00812. The Hall–Kier alpha value is -1.78. The maximum absolute atomic E-state index is 9.22. The molecule has 0 bridgehead atoms. The fraction of sp³-hybridized carbons (Fsp3) is 0.143. The van der Waals surface area contributed by atoms with Gasteiger partial charge in [0, 0.05) is 5.39 Å². The molecular weight excluding hydrogens is 248 g/mol. The van der Waals surface area contributed by atoms with Crippen molar-refractivity contribution >= 4 is 22.3 Å². The van der Waals surface area contributed by atoms with Gasteiger partial charge in [0.2, 0.25) is 0 Å². The van der Waals surface area contributed by atoms with Gasteiger partial charge < -0.3 is 14.3 Å². The summed E-state index contributed by atoms with van der Waals surface area (Å²) in [4.78, 5) is 1.08. The van der Waals surface area contributed by atoms with Gasteiger partial charge in [-0.1, -0.05) is 6.07 Å². The van der Waals surface area contributed by atoms with Crippen molar-refractivity contribution in [1.82, 2.24) is 0 Å². The van der Waals surface area contributed by atoms with E-state index in [1.54, 1.807) is 24.5 Å². The second-order valence-corrected chi connectivity index (χ2v) is 4.91. The number of aliphatic hydroxyl groups excluding tert-OH is 1. The molecule has 0 radical (unpaired) electrons.